The largest absolute Gasteiger partial charge is 0.371 e. The number of aryl methyl sites for hydroxylation is 1. The van der Waals surface area contributed by atoms with E-state index in [1.54, 1.807) is 0 Å². The van der Waals surface area contributed by atoms with E-state index in [0.29, 0.717) is 0 Å². The van der Waals surface area contributed by atoms with Gasteiger partial charge in [-0.3, -0.25) is 4.68 Å². The fourth-order valence-corrected chi connectivity index (χ4v) is 1.99. The fraction of sp³-hybridized carbons (Fsp3) is 0.222. The van der Waals surface area contributed by atoms with Crippen LogP contribution in [0.5, 0.6) is 0 Å². The van der Waals surface area contributed by atoms with Crippen molar-refractivity contribution in [2.24, 2.45) is 7.05 Å². The molecular weight excluding hydrogens is 230 g/mol. The van der Waals surface area contributed by atoms with Crippen LogP contribution < -0.4 is 5.32 Å². The second-order valence-electron chi connectivity index (χ2n) is 2.86. The van der Waals surface area contributed by atoms with Crippen LogP contribution in [0.1, 0.15) is 0 Å². The zero-order valence-corrected chi connectivity index (χ0v) is 9.09. The molecule has 0 amide bonds. The van der Waals surface area contributed by atoms with Crippen LogP contribution in [-0.4, -0.2) is 16.8 Å². The second-order valence-corrected chi connectivity index (χ2v) is 3.71. The molecule has 1 aromatic carbocycles. The van der Waals surface area contributed by atoms with Crippen LogP contribution in [0, 0.1) is 0 Å². The number of aromatic nitrogens is 2. The van der Waals surface area contributed by atoms with Crippen molar-refractivity contribution in [2.75, 3.05) is 12.4 Å². The van der Waals surface area contributed by atoms with Gasteiger partial charge in [-0.2, -0.15) is 5.10 Å². The third kappa shape index (κ3) is 1.21. The van der Waals surface area contributed by atoms with Crippen molar-refractivity contribution < 1.29 is 0 Å². The van der Waals surface area contributed by atoms with Gasteiger partial charge in [0.25, 0.3) is 0 Å². The zero-order valence-electron chi connectivity index (χ0n) is 7.50. The van der Waals surface area contributed by atoms with Crippen LogP contribution >= 0.6 is 15.9 Å². The van der Waals surface area contributed by atoms with Crippen molar-refractivity contribution in [3.63, 3.8) is 0 Å². The lowest BCUT2D eigenvalue weighted by Gasteiger charge is -1.96. The summed E-state index contributed by atoms with van der Waals surface area (Å²) in [5.74, 6) is 0.907. The number of halogens is 1. The van der Waals surface area contributed by atoms with Gasteiger partial charge in [-0.25, -0.2) is 0 Å². The Bertz CT molecular complexity index is 447. The third-order valence-corrected chi connectivity index (χ3v) is 2.72. The van der Waals surface area contributed by atoms with Crippen LogP contribution in [0.4, 0.5) is 5.82 Å². The summed E-state index contributed by atoms with van der Waals surface area (Å²) in [6.45, 7) is 0. The summed E-state index contributed by atoms with van der Waals surface area (Å²) in [5, 5.41) is 8.55. The lowest BCUT2D eigenvalue weighted by Crippen LogP contribution is -1.92. The van der Waals surface area contributed by atoms with E-state index in [2.05, 4.69) is 26.3 Å². The van der Waals surface area contributed by atoms with Crippen molar-refractivity contribution in [3.8, 4) is 0 Å². The van der Waals surface area contributed by atoms with E-state index in [1.807, 2.05) is 37.0 Å². The average Bonchev–Trinajstić information content (AvgIpc) is 2.45. The van der Waals surface area contributed by atoms with E-state index in [1.165, 1.54) is 0 Å². The van der Waals surface area contributed by atoms with Crippen LogP contribution in [0.3, 0.4) is 0 Å². The Morgan fingerprint density at radius 1 is 1.46 bits per heavy atom. The Kier molecular flexibility index (Phi) is 2.00. The molecule has 2 aromatic rings. The molecule has 13 heavy (non-hydrogen) atoms. The van der Waals surface area contributed by atoms with Crippen molar-refractivity contribution in [1.29, 1.82) is 0 Å². The predicted molar refractivity (Wildman–Crippen MR) is 58.0 cm³/mol. The quantitative estimate of drug-likeness (QED) is 0.829. The summed E-state index contributed by atoms with van der Waals surface area (Å²) in [5.41, 5.74) is 1.12. The standard InChI is InChI=1S/C9H10BrN3/c1-11-9-8-6(10)4-3-5-7(8)13(2)12-9/h3-5H,1-2H3,(H,11,12). The minimum absolute atomic E-state index is 0.907. The zero-order chi connectivity index (χ0) is 9.42. The molecule has 3 nitrogen and oxygen atoms in total. The Morgan fingerprint density at radius 3 is 2.92 bits per heavy atom. The van der Waals surface area contributed by atoms with Crippen molar-refractivity contribution in [1.82, 2.24) is 9.78 Å². The molecule has 1 heterocycles. The molecule has 2 rings (SSSR count). The molecule has 0 aliphatic carbocycles. The lowest BCUT2D eigenvalue weighted by molar-refractivity contribution is 0.800. The maximum atomic E-state index is 4.34. The summed E-state index contributed by atoms with van der Waals surface area (Å²) in [4.78, 5) is 0. The minimum Gasteiger partial charge on any atom is -0.371 e. The molecule has 4 heteroatoms. The molecule has 0 bridgehead atoms. The van der Waals surface area contributed by atoms with E-state index >= 15 is 0 Å². The van der Waals surface area contributed by atoms with Gasteiger partial charge >= 0.3 is 0 Å². The molecule has 0 aliphatic rings. The van der Waals surface area contributed by atoms with Crippen LogP contribution in [0.15, 0.2) is 22.7 Å². The summed E-state index contributed by atoms with van der Waals surface area (Å²) < 4.78 is 2.94. The lowest BCUT2D eigenvalue weighted by atomic mass is 10.2. The summed E-state index contributed by atoms with van der Waals surface area (Å²) in [7, 11) is 3.82. The molecule has 0 radical (unpaired) electrons. The molecule has 0 atom stereocenters. The average molecular weight is 240 g/mol. The number of rotatable bonds is 1. The van der Waals surface area contributed by atoms with Gasteiger partial charge < -0.3 is 5.32 Å². The number of nitrogens with one attached hydrogen (secondary N) is 1. The number of hydrogen-bond acceptors (Lipinski definition) is 2. The van der Waals surface area contributed by atoms with E-state index in [9.17, 15) is 0 Å². The first-order valence-electron chi connectivity index (χ1n) is 4.03. The van der Waals surface area contributed by atoms with E-state index in [0.717, 1.165) is 21.2 Å². The van der Waals surface area contributed by atoms with Gasteiger partial charge in [0.2, 0.25) is 0 Å². The highest BCUT2D eigenvalue weighted by molar-refractivity contribution is 9.10. The minimum atomic E-state index is 0.907. The summed E-state index contributed by atoms with van der Waals surface area (Å²) >= 11 is 3.51. The molecule has 0 saturated heterocycles. The topological polar surface area (TPSA) is 29.9 Å². The Balaban J connectivity index is 2.89. The number of hydrogen-bond donors (Lipinski definition) is 1. The summed E-state index contributed by atoms with van der Waals surface area (Å²) in [6, 6.07) is 6.08. The highest BCUT2D eigenvalue weighted by Gasteiger charge is 2.08. The summed E-state index contributed by atoms with van der Waals surface area (Å²) in [6.07, 6.45) is 0. The highest BCUT2D eigenvalue weighted by atomic mass is 79.9. The molecule has 0 unspecified atom stereocenters. The van der Waals surface area contributed by atoms with E-state index in [4.69, 9.17) is 0 Å². The Labute approximate surface area is 84.9 Å². The van der Waals surface area contributed by atoms with Crippen molar-refractivity contribution in [2.45, 2.75) is 0 Å². The molecule has 1 aromatic heterocycles. The molecule has 0 saturated carbocycles. The molecule has 0 spiro atoms. The SMILES string of the molecule is CNc1nn(C)c2cccc(Br)c12. The van der Waals surface area contributed by atoms with Crippen LogP contribution in [-0.2, 0) is 7.05 Å². The van der Waals surface area contributed by atoms with E-state index in [-0.39, 0.29) is 0 Å². The van der Waals surface area contributed by atoms with Gasteiger partial charge in [-0.05, 0) is 28.1 Å². The normalized spacial score (nSPS) is 10.7. The number of benzene rings is 1. The molecule has 0 fully saturated rings. The number of nitrogens with zero attached hydrogens (tertiary/aromatic N) is 2. The van der Waals surface area contributed by atoms with Crippen LogP contribution in [0.2, 0.25) is 0 Å². The van der Waals surface area contributed by atoms with Crippen molar-refractivity contribution >= 4 is 32.7 Å². The smallest absolute Gasteiger partial charge is 0.156 e. The molecule has 0 aliphatic heterocycles. The third-order valence-electron chi connectivity index (χ3n) is 2.06. The first kappa shape index (κ1) is 8.56. The van der Waals surface area contributed by atoms with Gasteiger partial charge in [0.05, 0.1) is 10.9 Å². The monoisotopic (exact) mass is 239 g/mol. The van der Waals surface area contributed by atoms with Gasteiger partial charge in [-0.15, -0.1) is 0 Å². The number of fused-ring (bicyclic) bond motifs is 1. The first-order chi connectivity index (χ1) is 6.24. The molecule has 1 N–H and O–H groups in total. The Hall–Kier alpha value is -1.03. The molecule has 68 valence electrons. The van der Waals surface area contributed by atoms with Gasteiger partial charge in [0, 0.05) is 18.6 Å². The molecular formula is C9H10BrN3. The second kappa shape index (κ2) is 3.03. The van der Waals surface area contributed by atoms with Gasteiger partial charge in [-0.1, -0.05) is 6.07 Å². The number of anilines is 1. The van der Waals surface area contributed by atoms with Crippen molar-refractivity contribution in [3.05, 3.63) is 22.7 Å². The van der Waals surface area contributed by atoms with E-state index < -0.39 is 0 Å². The highest BCUT2D eigenvalue weighted by Crippen LogP contribution is 2.29. The fourth-order valence-electron chi connectivity index (χ4n) is 1.45. The maximum absolute atomic E-state index is 4.34. The first-order valence-corrected chi connectivity index (χ1v) is 4.82. The van der Waals surface area contributed by atoms with Gasteiger partial charge in [0.15, 0.2) is 5.82 Å². The van der Waals surface area contributed by atoms with Crippen LogP contribution in [0.25, 0.3) is 10.9 Å². The predicted octanol–water partition coefficient (Wildman–Crippen LogP) is 2.38. The maximum Gasteiger partial charge on any atom is 0.156 e. The Morgan fingerprint density at radius 2 is 2.23 bits per heavy atom. The van der Waals surface area contributed by atoms with Gasteiger partial charge in [0.1, 0.15) is 0 Å².